The average molecular weight is 383 g/mol. The quantitative estimate of drug-likeness (QED) is 0.698. The van der Waals surface area contributed by atoms with E-state index in [1.165, 1.54) is 0 Å². The van der Waals surface area contributed by atoms with Gasteiger partial charge in [0.1, 0.15) is 6.04 Å². The Bertz CT molecular complexity index is 877. The Labute approximate surface area is 148 Å². The van der Waals surface area contributed by atoms with Gasteiger partial charge in [-0.1, -0.05) is 34.1 Å². The number of halogens is 1. The molecule has 0 aliphatic carbocycles. The first-order chi connectivity index (χ1) is 11.7. The molecule has 1 aliphatic heterocycles. The zero-order chi connectivity index (χ0) is 16.5. The van der Waals surface area contributed by atoms with Crippen LogP contribution in [0.25, 0.3) is 0 Å². The van der Waals surface area contributed by atoms with Crippen molar-refractivity contribution in [1.29, 1.82) is 0 Å². The molecular weight excluding hydrogens is 368 g/mol. The Morgan fingerprint density at radius 3 is 2.92 bits per heavy atom. The fraction of sp³-hybridized carbons (Fsp3) is 0.167. The van der Waals surface area contributed by atoms with Crippen molar-refractivity contribution >= 4 is 21.8 Å². The minimum Gasteiger partial charge on any atom is -0.329 e. The van der Waals surface area contributed by atoms with Crippen molar-refractivity contribution in [3.63, 3.8) is 0 Å². The van der Waals surface area contributed by atoms with Gasteiger partial charge in [-0.15, -0.1) is 0 Å². The molecule has 0 radical (unpaired) electrons. The number of imidazole rings is 1. The van der Waals surface area contributed by atoms with E-state index >= 15 is 0 Å². The Morgan fingerprint density at radius 2 is 2.12 bits per heavy atom. The largest absolute Gasteiger partial charge is 0.329 e. The lowest BCUT2D eigenvalue weighted by Crippen LogP contribution is -2.42. The molecule has 24 heavy (non-hydrogen) atoms. The summed E-state index contributed by atoms with van der Waals surface area (Å²) >= 11 is 3.49. The van der Waals surface area contributed by atoms with E-state index in [-0.39, 0.29) is 5.91 Å². The van der Waals surface area contributed by atoms with Crippen molar-refractivity contribution in [3.8, 4) is 0 Å². The van der Waals surface area contributed by atoms with Gasteiger partial charge in [-0.2, -0.15) is 0 Å². The normalized spacial score (nSPS) is 17.0. The standard InChI is InChI=1S/C18H15BrN4O/c19-14-5-3-4-13(8-14)17-18(24)22(10-15-6-1-2-7-21-15)11-16-9-20-12-23(16)17/h1-9,12,17H,10-11H2. The number of aromatic nitrogens is 3. The first-order valence-electron chi connectivity index (χ1n) is 7.67. The van der Waals surface area contributed by atoms with Crippen LogP contribution in [0.1, 0.15) is 23.0 Å². The summed E-state index contributed by atoms with van der Waals surface area (Å²) in [7, 11) is 0. The molecule has 1 atom stereocenters. The Kier molecular flexibility index (Phi) is 3.90. The Balaban J connectivity index is 1.72. The van der Waals surface area contributed by atoms with Crippen LogP contribution < -0.4 is 0 Å². The van der Waals surface area contributed by atoms with Crippen LogP contribution in [0.3, 0.4) is 0 Å². The maximum atomic E-state index is 13.1. The molecule has 3 aromatic rings. The number of rotatable bonds is 3. The second-order valence-corrected chi connectivity index (χ2v) is 6.68. The SMILES string of the molecule is O=C1C(c2cccc(Br)c2)n2cncc2CN1Cc1ccccn1. The highest BCUT2D eigenvalue weighted by molar-refractivity contribution is 9.10. The third-order valence-electron chi connectivity index (χ3n) is 4.17. The van der Waals surface area contributed by atoms with E-state index in [1.807, 2.05) is 58.1 Å². The maximum Gasteiger partial charge on any atom is 0.251 e. The fourth-order valence-corrected chi connectivity index (χ4v) is 3.47. The van der Waals surface area contributed by atoms with Gasteiger partial charge in [0.05, 0.1) is 30.8 Å². The van der Waals surface area contributed by atoms with Gasteiger partial charge < -0.3 is 9.47 Å². The van der Waals surface area contributed by atoms with Crippen LogP contribution in [0.4, 0.5) is 0 Å². The molecule has 0 bridgehead atoms. The Morgan fingerprint density at radius 1 is 1.21 bits per heavy atom. The van der Waals surface area contributed by atoms with Gasteiger partial charge in [-0.25, -0.2) is 4.98 Å². The average Bonchev–Trinajstić information content (AvgIpc) is 3.04. The molecule has 3 heterocycles. The van der Waals surface area contributed by atoms with Crippen LogP contribution in [0.2, 0.25) is 0 Å². The molecule has 5 nitrogen and oxygen atoms in total. The summed E-state index contributed by atoms with van der Waals surface area (Å²) in [4.78, 5) is 23.5. The second-order valence-electron chi connectivity index (χ2n) is 5.77. The fourth-order valence-electron chi connectivity index (χ4n) is 3.05. The Hall–Kier alpha value is -2.47. The van der Waals surface area contributed by atoms with Crippen molar-refractivity contribution in [3.05, 3.63) is 82.6 Å². The summed E-state index contributed by atoms with van der Waals surface area (Å²) < 4.78 is 2.91. The molecule has 1 aromatic carbocycles. The number of carbonyl (C=O) groups excluding carboxylic acids is 1. The predicted octanol–water partition coefficient (Wildman–Crippen LogP) is 3.17. The molecule has 120 valence electrons. The van der Waals surface area contributed by atoms with Crippen molar-refractivity contribution in [2.24, 2.45) is 0 Å². The monoisotopic (exact) mass is 382 g/mol. The van der Waals surface area contributed by atoms with E-state index in [4.69, 9.17) is 0 Å². The first-order valence-corrected chi connectivity index (χ1v) is 8.46. The molecule has 1 aliphatic rings. The van der Waals surface area contributed by atoms with Crippen LogP contribution >= 0.6 is 15.9 Å². The number of carbonyl (C=O) groups is 1. The van der Waals surface area contributed by atoms with Crippen molar-refractivity contribution < 1.29 is 4.79 Å². The van der Waals surface area contributed by atoms with Gasteiger partial charge in [0.2, 0.25) is 0 Å². The summed E-state index contributed by atoms with van der Waals surface area (Å²) in [6.45, 7) is 1.04. The molecule has 0 fully saturated rings. The highest BCUT2D eigenvalue weighted by atomic mass is 79.9. The topological polar surface area (TPSA) is 51.0 Å². The van der Waals surface area contributed by atoms with E-state index in [0.29, 0.717) is 13.1 Å². The predicted molar refractivity (Wildman–Crippen MR) is 93.0 cm³/mol. The van der Waals surface area contributed by atoms with Crippen LogP contribution in [0, 0.1) is 0 Å². The minimum absolute atomic E-state index is 0.0595. The number of hydrogen-bond acceptors (Lipinski definition) is 3. The van der Waals surface area contributed by atoms with Gasteiger partial charge >= 0.3 is 0 Å². The van der Waals surface area contributed by atoms with Crippen molar-refractivity contribution in [1.82, 2.24) is 19.4 Å². The number of hydrogen-bond donors (Lipinski definition) is 0. The van der Waals surface area contributed by atoms with Crippen LogP contribution in [-0.2, 0) is 17.9 Å². The van der Waals surface area contributed by atoms with Gasteiger partial charge in [0.25, 0.3) is 5.91 Å². The van der Waals surface area contributed by atoms with Crippen LogP contribution in [0.15, 0.2) is 65.7 Å². The van der Waals surface area contributed by atoms with E-state index in [2.05, 4.69) is 25.9 Å². The van der Waals surface area contributed by atoms with Gasteiger partial charge in [0, 0.05) is 16.9 Å². The summed E-state index contributed by atoms with van der Waals surface area (Å²) in [5, 5.41) is 0. The van der Waals surface area contributed by atoms with E-state index in [1.54, 1.807) is 12.5 Å². The zero-order valence-electron chi connectivity index (χ0n) is 12.8. The summed E-state index contributed by atoms with van der Waals surface area (Å²) in [6.07, 6.45) is 5.31. The molecule has 1 unspecified atom stereocenters. The lowest BCUT2D eigenvalue weighted by Gasteiger charge is -2.34. The summed E-state index contributed by atoms with van der Waals surface area (Å²) in [5.74, 6) is 0.0595. The van der Waals surface area contributed by atoms with Gasteiger partial charge in [-0.05, 0) is 29.8 Å². The van der Waals surface area contributed by atoms with Crippen LogP contribution in [0.5, 0.6) is 0 Å². The lowest BCUT2D eigenvalue weighted by molar-refractivity contribution is -0.136. The van der Waals surface area contributed by atoms with Gasteiger partial charge in [-0.3, -0.25) is 9.78 Å². The highest BCUT2D eigenvalue weighted by Gasteiger charge is 2.34. The third-order valence-corrected chi connectivity index (χ3v) is 4.66. The molecular formula is C18H15BrN4O. The van der Waals surface area contributed by atoms with E-state index < -0.39 is 6.04 Å². The molecule has 1 amide bonds. The molecule has 2 aromatic heterocycles. The molecule has 4 rings (SSSR count). The molecule has 0 spiro atoms. The number of amides is 1. The van der Waals surface area contributed by atoms with Gasteiger partial charge in [0.15, 0.2) is 0 Å². The van der Waals surface area contributed by atoms with E-state index in [9.17, 15) is 4.79 Å². The van der Waals surface area contributed by atoms with Crippen molar-refractivity contribution in [2.45, 2.75) is 19.1 Å². The zero-order valence-corrected chi connectivity index (χ0v) is 14.4. The summed E-state index contributed by atoms with van der Waals surface area (Å²) in [6, 6.07) is 13.2. The lowest BCUT2D eigenvalue weighted by atomic mass is 10.0. The minimum atomic E-state index is -0.391. The van der Waals surface area contributed by atoms with Crippen LogP contribution in [-0.4, -0.2) is 25.3 Å². The number of pyridine rings is 1. The number of fused-ring (bicyclic) bond motifs is 1. The third kappa shape index (κ3) is 2.73. The molecule has 0 saturated carbocycles. The van der Waals surface area contributed by atoms with E-state index in [0.717, 1.165) is 21.4 Å². The molecule has 6 heteroatoms. The molecule has 0 saturated heterocycles. The van der Waals surface area contributed by atoms with Crippen molar-refractivity contribution in [2.75, 3.05) is 0 Å². The first kappa shape index (κ1) is 15.1. The molecule has 0 N–H and O–H groups in total. The number of benzene rings is 1. The highest BCUT2D eigenvalue weighted by Crippen LogP contribution is 2.30. The number of nitrogens with zero attached hydrogens (tertiary/aromatic N) is 4. The summed E-state index contributed by atoms with van der Waals surface area (Å²) in [5.41, 5.74) is 2.85. The second kappa shape index (κ2) is 6.20. The smallest absolute Gasteiger partial charge is 0.251 e. The maximum absolute atomic E-state index is 13.1.